The van der Waals surface area contributed by atoms with E-state index in [-0.39, 0.29) is 30.9 Å². The van der Waals surface area contributed by atoms with Crippen LogP contribution in [0.4, 0.5) is 5.69 Å². The van der Waals surface area contributed by atoms with Gasteiger partial charge in [-0.15, -0.1) is 0 Å². The first kappa shape index (κ1) is 19.7. The lowest BCUT2D eigenvalue weighted by Crippen LogP contribution is -2.47. The van der Waals surface area contributed by atoms with Gasteiger partial charge in [-0.3, -0.25) is 14.5 Å². The predicted molar refractivity (Wildman–Crippen MR) is 102 cm³/mol. The zero-order valence-electron chi connectivity index (χ0n) is 15.2. The highest BCUT2D eigenvalue weighted by molar-refractivity contribution is 6.33. The van der Waals surface area contributed by atoms with E-state index in [2.05, 4.69) is 24.5 Å². The van der Waals surface area contributed by atoms with Crippen molar-refractivity contribution in [1.82, 2.24) is 10.2 Å². The van der Waals surface area contributed by atoms with Crippen LogP contribution < -0.4 is 10.6 Å². The summed E-state index contributed by atoms with van der Waals surface area (Å²) >= 11 is 6.03. The fourth-order valence-electron chi connectivity index (χ4n) is 3.34. The molecule has 1 fully saturated rings. The van der Waals surface area contributed by atoms with E-state index in [1.165, 1.54) is 6.42 Å². The van der Waals surface area contributed by atoms with E-state index < -0.39 is 0 Å². The average molecular weight is 366 g/mol. The Morgan fingerprint density at radius 2 is 1.84 bits per heavy atom. The molecule has 0 heterocycles. The fourth-order valence-corrected chi connectivity index (χ4v) is 3.52. The van der Waals surface area contributed by atoms with Crippen LogP contribution in [0.15, 0.2) is 24.3 Å². The highest BCUT2D eigenvalue weighted by atomic mass is 35.5. The molecule has 1 saturated carbocycles. The molecular weight excluding hydrogens is 338 g/mol. The van der Waals surface area contributed by atoms with E-state index in [1.807, 2.05) is 12.1 Å². The summed E-state index contributed by atoms with van der Waals surface area (Å²) in [6, 6.07) is 7.33. The van der Waals surface area contributed by atoms with Gasteiger partial charge in [0.1, 0.15) is 0 Å². The number of hydrogen-bond acceptors (Lipinski definition) is 3. The van der Waals surface area contributed by atoms with Crippen molar-refractivity contribution in [2.75, 3.05) is 25.5 Å². The molecule has 5 nitrogen and oxygen atoms in total. The minimum absolute atomic E-state index is 0.0287. The van der Waals surface area contributed by atoms with E-state index in [1.54, 1.807) is 24.1 Å². The van der Waals surface area contributed by atoms with Crippen molar-refractivity contribution >= 4 is 29.1 Å². The zero-order valence-corrected chi connectivity index (χ0v) is 16.0. The Bertz CT molecular complexity index is 608. The van der Waals surface area contributed by atoms with Gasteiger partial charge in [-0.05, 0) is 37.4 Å². The van der Waals surface area contributed by atoms with Crippen LogP contribution in [0.2, 0.25) is 5.02 Å². The number of carbonyl (C=O) groups is 2. The zero-order chi connectivity index (χ0) is 18.4. The standard InChI is InChI=1S/C19H28ClN3O2/c1-13-7-6-10-16(14(13)2)21-18(24)11-23(3)12-19(25)22-17-9-5-4-8-15(17)20/h4-5,8-9,13-14,16H,6-7,10-12H2,1-3H3,(H,21,24)(H,22,25)/t13-,14+,16+/m0/s1. The highest BCUT2D eigenvalue weighted by Gasteiger charge is 2.28. The van der Waals surface area contributed by atoms with E-state index >= 15 is 0 Å². The first-order chi connectivity index (χ1) is 11.9. The number of benzene rings is 1. The molecule has 0 spiro atoms. The smallest absolute Gasteiger partial charge is 0.238 e. The monoisotopic (exact) mass is 365 g/mol. The van der Waals surface area contributed by atoms with Crippen LogP contribution in [-0.2, 0) is 9.59 Å². The van der Waals surface area contributed by atoms with Gasteiger partial charge in [0.15, 0.2) is 0 Å². The number of hydrogen-bond donors (Lipinski definition) is 2. The van der Waals surface area contributed by atoms with Crippen LogP contribution >= 0.6 is 11.6 Å². The lowest BCUT2D eigenvalue weighted by molar-refractivity contribution is -0.124. The molecular formula is C19H28ClN3O2. The quantitative estimate of drug-likeness (QED) is 0.814. The number of likely N-dealkylation sites (N-methyl/N-ethyl adjacent to an activating group) is 1. The molecule has 6 heteroatoms. The lowest BCUT2D eigenvalue weighted by Gasteiger charge is -2.34. The summed E-state index contributed by atoms with van der Waals surface area (Å²) in [5.41, 5.74) is 0.581. The molecule has 0 bridgehead atoms. The van der Waals surface area contributed by atoms with Crippen molar-refractivity contribution in [3.05, 3.63) is 29.3 Å². The van der Waals surface area contributed by atoms with Gasteiger partial charge < -0.3 is 10.6 Å². The molecule has 2 N–H and O–H groups in total. The third-order valence-corrected chi connectivity index (χ3v) is 5.36. The summed E-state index contributed by atoms with van der Waals surface area (Å²) in [5.74, 6) is 0.909. The number of anilines is 1. The summed E-state index contributed by atoms with van der Waals surface area (Å²) in [7, 11) is 1.76. The van der Waals surface area contributed by atoms with Crippen molar-refractivity contribution in [1.29, 1.82) is 0 Å². The SMILES string of the molecule is C[C@@H]1[C@@H](C)CCC[C@H]1NC(=O)CN(C)CC(=O)Nc1ccccc1Cl. The molecule has 0 radical (unpaired) electrons. The van der Waals surface area contributed by atoms with Crippen LogP contribution in [0, 0.1) is 11.8 Å². The fraction of sp³-hybridized carbons (Fsp3) is 0.579. The van der Waals surface area contributed by atoms with Gasteiger partial charge in [0.25, 0.3) is 0 Å². The summed E-state index contributed by atoms with van der Waals surface area (Å²) in [4.78, 5) is 26.1. The number of carbonyl (C=O) groups excluding carboxylic acids is 2. The maximum atomic E-state index is 12.3. The van der Waals surface area contributed by atoms with E-state index in [0.29, 0.717) is 22.5 Å². The topological polar surface area (TPSA) is 61.4 Å². The molecule has 0 aromatic heterocycles. The summed E-state index contributed by atoms with van der Waals surface area (Å²) < 4.78 is 0. The van der Waals surface area contributed by atoms with Crippen molar-refractivity contribution in [2.45, 2.75) is 39.2 Å². The Morgan fingerprint density at radius 1 is 1.16 bits per heavy atom. The Labute approximate surface area is 155 Å². The number of halogens is 1. The van der Waals surface area contributed by atoms with E-state index in [9.17, 15) is 9.59 Å². The Kier molecular flexibility index (Phi) is 7.26. The van der Waals surface area contributed by atoms with Crippen LogP contribution in [0.3, 0.4) is 0 Å². The second kappa shape index (κ2) is 9.20. The van der Waals surface area contributed by atoms with Crippen LogP contribution in [0.1, 0.15) is 33.1 Å². The Hall–Kier alpha value is -1.59. The molecule has 1 aliphatic rings. The van der Waals surface area contributed by atoms with Gasteiger partial charge in [-0.1, -0.05) is 50.4 Å². The number of amides is 2. The number of rotatable bonds is 6. The lowest BCUT2D eigenvalue weighted by atomic mass is 9.78. The largest absolute Gasteiger partial charge is 0.352 e. The number of nitrogens with one attached hydrogen (secondary N) is 2. The van der Waals surface area contributed by atoms with Crippen molar-refractivity contribution < 1.29 is 9.59 Å². The number of nitrogens with zero attached hydrogens (tertiary/aromatic N) is 1. The minimum Gasteiger partial charge on any atom is -0.352 e. The van der Waals surface area contributed by atoms with Gasteiger partial charge in [-0.2, -0.15) is 0 Å². The second-order valence-corrected chi connectivity index (χ2v) is 7.55. The molecule has 0 aliphatic heterocycles. The van der Waals surface area contributed by atoms with Gasteiger partial charge in [-0.25, -0.2) is 0 Å². The second-order valence-electron chi connectivity index (χ2n) is 7.14. The maximum Gasteiger partial charge on any atom is 0.238 e. The Morgan fingerprint density at radius 3 is 2.56 bits per heavy atom. The number of para-hydroxylation sites is 1. The van der Waals surface area contributed by atoms with Crippen LogP contribution in [-0.4, -0.2) is 42.9 Å². The molecule has 1 aliphatic carbocycles. The van der Waals surface area contributed by atoms with Crippen LogP contribution in [0.5, 0.6) is 0 Å². The molecule has 1 aromatic rings. The van der Waals surface area contributed by atoms with Gasteiger partial charge in [0, 0.05) is 6.04 Å². The minimum atomic E-state index is -0.192. The molecule has 2 amide bonds. The molecule has 138 valence electrons. The first-order valence-corrected chi connectivity index (χ1v) is 9.27. The van der Waals surface area contributed by atoms with Crippen molar-refractivity contribution in [2.24, 2.45) is 11.8 Å². The van der Waals surface area contributed by atoms with E-state index in [4.69, 9.17) is 11.6 Å². The Balaban J connectivity index is 1.77. The van der Waals surface area contributed by atoms with E-state index in [0.717, 1.165) is 12.8 Å². The molecule has 2 rings (SSSR count). The summed E-state index contributed by atoms with van der Waals surface area (Å²) in [6.45, 7) is 4.78. The third kappa shape index (κ3) is 6.01. The van der Waals surface area contributed by atoms with Gasteiger partial charge in [0.2, 0.25) is 11.8 Å². The van der Waals surface area contributed by atoms with Gasteiger partial charge in [0.05, 0.1) is 23.8 Å². The maximum absolute atomic E-state index is 12.3. The summed E-state index contributed by atoms with van der Waals surface area (Å²) in [6.07, 6.45) is 3.43. The summed E-state index contributed by atoms with van der Waals surface area (Å²) in [5, 5.41) is 6.39. The molecule has 3 atom stereocenters. The normalized spacial score (nSPS) is 23.3. The molecule has 1 aromatic carbocycles. The highest BCUT2D eigenvalue weighted by Crippen LogP contribution is 2.29. The average Bonchev–Trinajstić information content (AvgIpc) is 2.53. The van der Waals surface area contributed by atoms with Crippen LogP contribution in [0.25, 0.3) is 0 Å². The third-order valence-electron chi connectivity index (χ3n) is 5.03. The molecule has 0 unspecified atom stereocenters. The first-order valence-electron chi connectivity index (χ1n) is 8.89. The molecule has 25 heavy (non-hydrogen) atoms. The molecule has 0 saturated heterocycles. The van der Waals surface area contributed by atoms with Crippen molar-refractivity contribution in [3.8, 4) is 0 Å². The van der Waals surface area contributed by atoms with Crippen molar-refractivity contribution in [3.63, 3.8) is 0 Å². The van der Waals surface area contributed by atoms with Gasteiger partial charge >= 0.3 is 0 Å². The predicted octanol–water partition coefficient (Wildman–Crippen LogP) is 3.15.